The van der Waals surface area contributed by atoms with Gasteiger partial charge in [-0.3, -0.25) is 16.0 Å². The summed E-state index contributed by atoms with van der Waals surface area (Å²) in [6.07, 6.45) is 1.16. The fourth-order valence-electron chi connectivity index (χ4n) is 1.58. The minimum atomic E-state index is -0.730. The molecular formula is C9H9N7O4. The van der Waals surface area contributed by atoms with E-state index in [4.69, 9.17) is 5.84 Å². The first-order chi connectivity index (χ1) is 9.51. The second-order valence-corrected chi connectivity index (χ2v) is 3.74. The van der Waals surface area contributed by atoms with Crippen molar-refractivity contribution >= 4 is 17.3 Å². The molecule has 2 aromatic rings. The van der Waals surface area contributed by atoms with Gasteiger partial charge in [-0.15, -0.1) is 0 Å². The molecule has 0 saturated carbocycles. The topological polar surface area (TPSA) is 155 Å². The van der Waals surface area contributed by atoms with Gasteiger partial charge in [0.1, 0.15) is 0 Å². The number of nitro benzene ring substituents is 1. The van der Waals surface area contributed by atoms with Crippen molar-refractivity contribution in [3.63, 3.8) is 0 Å². The Morgan fingerprint density at radius 1 is 1.30 bits per heavy atom. The maximum atomic E-state index is 10.7. The summed E-state index contributed by atoms with van der Waals surface area (Å²) in [6.45, 7) is 0.0576. The van der Waals surface area contributed by atoms with E-state index in [0.717, 1.165) is 6.33 Å². The van der Waals surface area contributed by atoms with Crippen molar-refractivity contribution in [1.29, 1.82) is 0 Å². The number of nitrogens with one attached hydrogen (secondary N) is 1. The van der Waals surface area contributed by atoms with E-state index in [-0.39, 0.29) is 12.2 Å². The summed E-state index contributed by atoms with van der Waals surface area (Å²) in [6, 6.07) is 4.05. The molecule has 0 aliphatic rings. The monoisotopic (exact) mass is 279 g/mol. The molecule has 1 heterocycles. The van der Waals surface area contributed by atoms with Gasteiger partial charge in [-0.1, -0.05) is 4.98 Å². The van der Waals surface area contributed by atoms with Crippen molar-refractivity contribution in [2.75, 3.05) is 5.43 Å². The molecule has 0 aliphatic heterocycles. The van der Waals surface area contributed by atoms with E-state index in [0.29, 0.717) is 11.3 Å². The fraction of sp³-hybridized carbons (Fsp3) is 0.111. The van der Waals surface area contributed by atoms with Crippen LogP contribution in [0.25, 0.3) is 0 Å². The van der Waals surface area contributed by atoms with E-state index >= 15 is 0 Å². The number of hydrogen-bond donors (Lipinski definition) is 2. The summed E-state index contributed by atoms with van der Waals surface area (Å²) in [4.78, 5) is 23.4. The predicted molar refractivity (Wildman–Crippen MR) is 66.7 cm³/mol. The Hall–Kier alpha value is -3.08. The van der Waals surface area contributed by atoms with Crippen LogP contribution >= 0.6 is 0 Å². The lowest BCUT2D eigenvalue weighted by atomic mass is 10.1. The Morgan fingerprint density at radius 2 is 2.05 bits per heavy atom. The predicted octanol–water partition coefficient (Wildman–Crippen LogP) is 0.428. The molecular weight excluding hydrogens is 270 g/mol. The number of benzene rings is 1. The number of rotatable bonds is 5. The second-order valence-electron chi connectivity index (χ2n) is 3.74. The van der Waals surface area contributed by atoms with Crippen molar-refractivity contribution in [1.82, 2.24) is 14.8 Å². The normalized spacial score (nSPS) is 10.2. The third-order valence-corrected chi connectivity index (χ3v) is 2.48. The second kappa shape index (κ2) is 5.27. The van der Waals surface area contributed by atoms with Gasteiger partial charge in [0, 0.05) is 22.8 Å². The number of non-ortho nitro benzene ring substituents is 1. The Bertz CT molecular complexity index is 668. The third-order valence-electron chi connectivity index (χ3n) is 2.48. The first-order valence-corrected chi connectivity index (χ1v) is 5.29. The molecule has 0 unspecified atom stereocenters. The van der Waals surface area contributed by atoms with E-state index in [9.17, 15) is 20.2 Å². The standard InChI is InChI=1S/C9H9N7O4/c10-12-8-2-1-7(15(17)18)3-6(8)4-14-5-11-9(13-14)16(19)20/h1-3,5,12H,4,10H2. The largest absolute Gasteiger partial charge is 0.490 e. The highest BCUT2D eigenvalue weighted by atomic mass is 16.6. The quantitative estimate of drug-likeness (QED) is 0.453. The number of hydrogen-bond acceptors (Lipinski definition) is 8. The molecule has 0 radical (unpaired) electrons. The van der Waals surface area contributed by atoms with E-state index in [2.05, 4.69) is 15.5 Å². The van der Waals surface area contributed by atoms with Gasteiger partial charge in [0.2, 0.25) is 6.33 Å². The van der Waals surface area contributed by atoms with Crippen molar-refractivity contribution in [3.8, 4) is 0 Å². The number of nitrogen functional groups attached to an aromatic ring is 1. The molecule has 3 N–H and O–H groups in total. The fourth-order valence-corrected chi connectivity index (χ4v) is 1.58. The highest BCUT2D eigenvalue weighted by Crippen LogP contribution is 2.22. The van der Waals surface area contributed by atoms with Crippen LogP contribution < -0.4 is 11.3 Å². The molecule has 1 aromatic carbocycles. The average Bonchev–Trinajstić information content (AvgIpc) is 2.87. The number of nitro groups is 2. The van der Waals surface area contributed by atoms with Gasteiger partial charge in [-0.25, -0.2) is 0 Å². The molecule has 20 heavy (non-hydrogen) atoms. The minimum Gasteiger partial charge on any atom is -0.390 e. The van der Waals surface area contributed by atoms with Crippen LogP contribution in [-0.2, 0) is 6.54 Å². The van der Waals surface area contributed by atoms with Crippen molar-refractivity contribution in [3.05, 3.63) is 50.3 Å². The van der Waals surface area contributed by atoms with Gasteiger partial charge < -0.3 is 15.5 Å². The van der Waals surface area contributed by atoms with Crippen LogP contribution in [0.15, 0.2) is 24.5 Å². The van der Waals surface area contributed by atoms with Crippen LogP contribution in [0.5, 0.6) is 0 Å². The molecule has 0 atom stereocenters. The number of aromatic nitrogens is 3. The summed E-state index contributed by atoms with van der Waals surface area (Å²) < 4.78 is 1.19. The van der Waals surface area contributed by atoms with Gasteiger partial charge in [0.05, 0.1) is 17.2 Å². The Labute approximate surface area is 111 Å². The molecule has 0 fully saturated rings. The molecule has 2 rings (SSSR count). The number of nitrogens with zero attached hydrogens (tertiary/aromatic N) is 5. The number of nitrogens with two attached hydrogens (primary N) is 1. The molecule has 0 spiro atoms. The average molecular weight is 279 g/mol. The van der Waals surface area contributed by atoms with Crippen molar-refractivity contribution in [2.45, 2.75) is 6.54 Å². The lowest BCUT2D eigenvalue weighted by molar-refractivity contribution is -0.394. The lowest BCUT2D eigenvalue weighted by Crippen LogP contribution is -2.11. The molecule has 0 amide bonds. The van der Waals surface area contributed by atoms with E-state index in [1.165, 1.54) is 22.9 Å². The third kappa shape index (κ3) is 2.67. The van der Waals surface area contributed by atoms with Crippen LogP contribution in [0.3, 0.4) is 0 Å². The Balaban J connectivity index is 2.32. The zero-order valence-corrected chi connectivity index (χ0v) is 9.96. The Kier molecular flexibility index (Phi) is 3.52. The molecule has 104 valence electrons. The van der Waals surface area contributed by atoms with Crippen LogP contribution in [0.4, 0.5) is 17.3 Å². The summed E-state index contributed by atoms with van der Waals surface area (Å²) >= 11 is 0. The minimum absolute atomic E-state index is 0.0576. The summed E-state index contributed by atoms with van der Waals surface area (Å²) in [5.41, 5.74) is 3.19. The van der Waals surface area contributed by atoms with Crippen LogP contribution in [0, 0.1) is 20.2 Å². The first kappa shape index (κ1) is 13.4. The highest BCUT2D eigenvalue weighted by Gasteiger charge is 2.16. The van der Waals surface area contributed by atoms with Gasteiger partial charge in [-0.05, 0) is 11.0 Å². The number of anilines is 1. The van der Waals surface area contributed by atoms with Crippen molar-refractivity contribution < 1.29 is 9.85 Å². The SMILES string of the molecule is NNc1ccc([N+](=O)[O-])cc1Cn1cnc([N+](=O)[O-])n1. The first-order valence-electron chi connectivity index (χ1n) is 5.29. The highest BCUT2D eigenvalue weighted by molar-refractivity contribution is 5.55. The molecule has 11 heteroatoms. The van der Waals surface area contributed by atoms with Gasteiger partial charge in [0.25, 0.3) is 5.69 Å². The molecule has 1 aromatic heterocycles. The van der Waals surface area contributed by atoms with E-state index in [1.54, 1.807) is 0 Å². The van der Waals surface area contributed by atoms with Gasteiger partial charge in [-0.2, -0.15) is 4.68 Å². The van der Waals surface area contributed by atoms with Gasteiger partial charge >= 0.3 is 5.95 Å². The maximum Gasteiger partial charge on any atom is 0.490 e. The molecule has 0 aliphatic carbocycles. The maximum absolute atomic E-state index is 10.7. The number of hydrazine groups is 1. The summed E-state index contributed by atoms with van der Waals surface area (Å²) in [5, 5.41) is 24.8. The molecule has 0 saturated heterocycles. The molecule has 0 bridgehead atoms. The smallest absolute Gasteiger partial charge is 0.390 e. The van der Waals surface area contributed by atoms with Crippen LogP contribution in [0.2, 0.25) is 0 Å². The Morgan fingerprint density at radius 3 is 2.60 bits per heavy atom. The van der Waals surface area contributed by atoms with Crippen LogP contribution in [-0.4, -0.2) is 24.6 Å². The van der Waals surface area contributed by atoms with Crippen molar-refractivity contribution in [2.24, 2.45) is 5.84 Å². The van der Waals surface area contributed by atoms with Crippen LogP contribution in [0.1, 0.15) is 5.56 Å². The molecule has 11 nitrogen and oxygen atoms in total. The zero-order valence-electron chi connectivity index (χ0n) is 9.96. The van der Waals surface area contributed by atoms with E-state index in [1.807, 2.05) is 0 Å². The summed E-state index contributed by atoms with van der Waals surface area (Å²) in [7, 11) is 0. The zero-order chi connectivity index (χ0) is 14.7. The van der Waals surface area contributed by atoms with E-state index < -0.39 is 15.8 Å². The van der Waals surface area contributed by atoms with Gasteiger partial charge in [0.15, 0.2) is 0 Å². The summed E-state index contributed by atoms with van der Waals surface area (Å²) in [5.74, 6) is 4.77. The lowest BCUT2D eigenvalue weighted by Gasteiger charge is -2.06.